The van der Waals surface area contributed by atoms with Crippen molar-refractivity contribution in [2.24, 2.45) is 16.6 Å². The number of nitrogens with one attached hydrogen (secondary N) is 2. The van der Waals surface area contributed by atoms with Crippen LogP contribution in [0.1, 0.15) is 25.7 Å². The van der Waals surface area contributed by atoms with E-state index in [1.54, 1.807) is 6.20 Å². The summed E-state index contributed by atoms with van der Waals surface area (Å²) in [5.74, 6) is 2.43. The second kappa shape index (κ2) is 7.94. The Labute approximate surface area is 122 Å². The van der Waals surface area contributed by atoms with E-state index in [0.29, 0.717) is 0 Å². The highest BCUT2D eigenvalue weighted by Gasteiger charge is 2.15. The summed E-state index contributed by atoms with van der Waals surface area (Å²) in [5.41, 5.74) is 5.53. The molecule has 2 aliphatic rings. The predicted molar refractivity (Wildman–Crippen MR) is 84.3 cm³/mol. The summed E-state index contributed by atoms with van der Waals surface area (Å²) in [4.78, 5) is 6.83. The molecule has 2 fully saturated rings. The second-order valence-corrected chi connectivity index (χ2v) is 5.54. The molecule has 1 saturated carbocycles. The molecule has 0 unspecified atom stereocenters. The maximum absolute atomic E-state index is 5.53. The van der Waals surface area contributed by atoms with Gasteiger partial charge in [-0.05, 0) is 31.0 Å². The summed E-state index contributed by atoms with van der Waals surface area (Å²) < 4.78 is 0. The SMILES string of the molecule is C=C(N=C(/C=C\N)N1CCNCC1)NCC1CCCC1. The molecular formula is C15H27N5. The minimum atomic E-state index is 0.739. The van der Waals surface area contributed by atoms with Gasteiger partial charge in [-0.25, -0.2) is 4.99 Å². The number of hydrogen-bond donors (Lipinski definition) is 3. The zero-order valence-corrected chi connectivity index (χ0v) is 12.3. The highest BCUT2D eigenvalue weighted by molar-refractivity contribution is 5.93. The molecular weight excluding hydrogens is 250 g/mol. The monoisotopic (exact) mass is 277 g/mol. The molecule has 20 heavy (non-hydrogen) atoms. The van der Waals surface area contributed by atoms with E-state index in [1.807, 2.05) is 6.08 Å². The van der Waals surface area contributed by atoms with Crippen molar-refractivity contribution in [2.45, 2.75) is 25.7 Å². The Kier molecular flexibility index (Phi) is 5.92. The van der Waals surface area contributed by atoms with Crippen LogP contribution in [-0.4, -0.2) is 43.5 Å². The summed E-state index contributed by atoms with van der Waals surface area (Å²) in [5, 5.41) is 6.69. The Balaban J connectivity index is 1.87. The van der Waals surface area contributed by atoms with Crippen LogP contribution < -0.4 is 16.4 Å². The van der Waals surface area contributed by atoms with Gasteiger partial charge in [0.25, 0.3) is 0 Å². The van der Waals surface area contributed by atoms with Gasteiger partial charge in [0.15, 0.2) is 0 Å². The first-order valence-corrected chi connectivity index (χ1v) is 7.65. The van der Waals surface area contributed by atoms with E-state index in [0.717, 1.165) is 50.3 Å². The fraction of sp³-hybridized carbons (Fsp3) is 0.667. The number of amidine groups is 1. The molecule has 0 aromatic rings. The molecule has 1 saturated heterocycles. The third kappa shape index (κ3) is 4.56. The maximum atomic E-state index is 5.53. The van der Waals surface area contributed by atoms with E-state index >= 15 is 0 Å². The second-order valence-electron chi connectivity index (χ2n) is 5.54. The molecule has 0 bridgehead atoms. The Hall–Kier alpha value is -1.49. The van der Waals surface area contributed by atoms with Crippen molar-refractivity contribution < 1.29 is 0 Å². The molecule has 0 radical (unpaired) electrons. The van der Waals surface area contributed by atoms with E-state index in [9.17, 15) is 0 Å². The average molecular weight is 277 g/mol. The minimum absolute atomic E-state index is 0.739. The standard InChI is InChI=1S/C15H27N5/c1-13(18-12-14-4-2-3-5-14)19-15(6-7-16)20-10-8-17-9-11-20/h6-7,14,17-18H,1-5,8-12,16H2/b7-6-,19-15?. The fourth-order valence-corrected chi connectivity index (χ4v) is 2.85. The third-order valence-electron chi connectivity index (χ3n) is 4.01. The van der Waals surface area contributed by atoms with Crippen LogP contribution in [0.15, 0.2) is 29.7 Å². The molecule has 4 N–H and O–H groups in total. The lowest BCUT2D eigenvalue weighted by Crippen LogP contribution is -2.46. The highest BCUT2D eigenvalue weighted by atomic mass is 15.2. The lowest BCUT2D eigenvalue weighted by Gasteiger charge is -2.29. The molecule has 0 atom stereocenters. The van der Waals surface area contributed by atoms with E-state index < -0.39 is 0 Å². The molecule has 5 nitrogen and oxygen atoms in total. The molecule has 2 rings (SSSR count). The number of hydrogen-bond acceptors (Lipinski definition) is 4. The van der Waals surface area contributed by atoms with Crippen LogP contribution in [0, 0.1) is 5.92 Å². The third-order valence-corrected chi connectivity index (χ3v) is 4.01. The lowest BCUT2D eigenvalue weighted by atomic mass is 10.1. The van der Waals surface area contributed by atoms with Gasteiger partial charge in [0.1, 0.15) is 11.7 Å². The maximum Gasteiger partial charge on any atom is 0.132 e. The summed E-state index contributed by atoms with van der Waals surface area (Å²) in [6.45, 7) is 8.89. The molecule has 5 heteroatoms. The Morgan fingerprint density at radius 2 is 2.05 bits per heavy atom. The van der Waals surface area contributed by atoms with Gasteiger partial charge in [0, 0.05) is 32.7 Å². The quantitative estimate of drug-likeness (QED) is 0.518. The first-order valence-electron chi connectivity index (χ1n) is 7.65. The van der Waals surface area contributed by atoms with Crippen LogP contribution in [0.25, 0.3) is 0 Å². The van der Waals surface area contributed by atoms with Crippen molar-refractivity contribution in [1.82, 2.24) is 15.5 Å². The zero-order chi connectivity index (χ0) is 14.2. The molecule has 1 heterocycles. The van der Waals surface area contributed by atoms with E-state index in [1.165, 1.54) is 25.7 Å². The van der Waals surface area contributed by atoms with Gasteiger partial charge in [-0.1, -0.05) is 19.4 Å². The topological polar surface area (TPSA) is 65.7 Å². The van der Waals surface area contributed by atoms with Gasteiger partial charge in [-0.3, -0.25) is 0 Å². The molecule has 0 aromatic heterocycles. The van der Waals surface area contributed by atoms with Gasteiger partial charge < -0.3 is 21.3 Å². The molecule has 1 aliphatic heterocycles. The van der Waals surface area contributed by atoms with Crippen LogP contribution in [0.2, 0.25) is 0 Å². The van der Waals surface area contributed by atoms with Crippen molar-refractivity contribution in [3.63, 3.8) is 0 Å². The van der Waals surface area contributed by atoms with Crippen LogP contribution >= 0.6 is 0 Å². The smallest absolute Gasteiger partial charge is 0.132 e. The van der Waals surface area contributed by atoms with Crippen molar-refractivity contribution in [3.05, 3.63) is 24.7 Å². The number of aliphatic imine (C=N–C) groups is 1. The molecule has 0 aromatic carbocycles. The number of nitrogens with zero attached hydrogens (tertiary/aromatic N) is 2. The van der Waals surface area contributed by atoms with Gasteiger partial charge in [-0.2, -0.15) is 0 Å². The first-order chi connectivity index (χ1) is 9.79. The van der Waals surface area contributed by atoms with Crippen LogP contribution in [0.3, 0.4) is 0 Å². The number of piperazine rings is 1. The van der Waals surface area contributed by atoms with Crippen LogP contribution in [-0.2, 0) is 0 Å². The van der Waals surface area contributed by atoms with Gasteiger partial charge >= 0.3 is 0 Å². The Bertz CT molecular complexity index is 362. The van der Waals surface area contributed by atoms with Crippen molar-refractivity contribution in [3.8, 4) is 0 Å². The normalized spacial score (nSPS) is 21.6. The summed E-state index contributed by atoms with van der Waals surface area (Å²) >= 11 is 0. The Morgan fingerprint density at radius 3 is 2.70 bits per heavy atom. The van der Waals surface area contributed by atoms with Gasteiger partial charge in [-0.15, -0.1) is 0 Å². The summed E-state index contributed by atoms with van der Waals surface area (Å²) in [7, 11) is 0. The molecule has 0 amide bonds. The molecule has 0 spiro atoms. The van der Waals surface area contributed by atoms with Gasteiger partial charge in [0.05, 0.1) is 0 Å². The Morgan fingerprint density at radius 1 is 1.35 bits per heavy atom. The van der Waals surface area contributed by atoms with Crippen molar-refractivity contribution in [2.75, 3.05) is 32.7 Å². The summed E-state index contributed by atoms with van der Waals surface area (Å²) in [6, 6.07) is 0. The van der Waals surface area contributed by atoms with E-state index in [-0.39, 0.29) is 0 Å². The molecule has 112 valence electrons. The highest BCUT2D eigenvalue weighted by Crippen LogP contribution is 2.23. The molecule has 1 aliphatic carbocycles. The van der Waals surface area contributed by atoms with E-state index in [2.05, 4.69) is 27.1 Å². The van der Waals surface area contributed by atoms with Gasteiger partial charge in [0.2, 0.25) is 0 Å². The summed E-state index contributed by atoms with van der Waals surface area (Å²) in [6.07, 6.45) is 8.79. The van der Waals surface area contributed by atoms with E-state index in [4.69, 9.17) is 5.73 Å². The average Bonchev–Trinajstić information content (AvgIpc) is 2.99. The fourth-order valence-electron chi connectivity index (χ4n) is 2.85. The van der Waals surface area contributed by atoms with Crippen molar-refractivity contribution >= 4 is 5.84 Å². The van der Waals surface area contributed by atoms with Crippen molar-refractivity contribution in [1.29, 1.82) is 0 Å². The predicted octanol–water partition coefficient (Wildman–Crippen LogP) is 1.01. The lowest BCUT2D eigenvalue weighted by molar-refractivity contribution is 0.358. The van der Waals surface area contributed by atoms with Crippen LogP contribution in [0.5, 0.6) is 0 Å². The number of rotatable bonds is 5. The minimum Gasteiger partial charge on any atom is -0.404 e. The first kappa shape index (κ1) is 14.9. The largest absolute Gasteiger partial charge is 0.404 e. The zero-order valence-electron chi connectivity index (χ0n) is 12.3. The number of nitrogens with two attached hydrogens (primary N) is 1. The van der Waals surface area contributed by atoms with Crippen LogP contribution in [0.4, 0.5) is 0 Å².